The van der Waals surface area contributed by atoms with Crippen molar-refractivity contribution in [1.82, 2.24) is 10.6 Å². The van der Waals surface area contributed by atoms with Gasteiger partial charge in [0, 0.05) is 0 Å². The Hall–Kier alpha value is -0.610. The molecule has 0 aromatic carbocycles. The SMILES string of the molecule is C1CCNC1.O=C(O)[C@@H]1CCCN1. The second-order valence-electron chi connectivity index (χ2n) is 3.44. The van der Waals surface area contributed by atoms with Gasteiger partial charge in [0.05, 0.1) is 0 Å². The smallest absolute Gasteiger partial charge is 0.320 e. The van der Waals surface area contributed by atoms with Crippen LogP contribution in [-0.2, 0) is 4.79 Å². The maximum Gasteiger partial charge on any atom is 0.320 e. The molecule has 2 rings (SSSR count). The van der Waals surface area contributed by atoms with Gasteiger partial charge in [-0.25, -0.2) is 0 Å². The fourth-order valence-corrected chi connectivity index (χ4v) is 1.52. The Kier molecular flexibility index (Phi) is 4.78. The van der Waals surface area contributed by atoms with Crippen LogP contribution in [0.5, 0.6) is 0 Å². The number of rotatable bonds is 1. The molecule has 2 aliphatic rings. The number of hydrogen-bond acceptors (Lipinski definition) is 3. The van der Waals surface area contributed by atoms with Crippen LogP contribution in [0.4, 0.5) is 0 Å². The largest absolute Gasteiger partial charge is 0.480 e. The van der Waals surface area contributed by atoms with Crippen LogP contribution in [-0.4, -0.2) is 36.8 Å². The highest BCUT2D eigenvalue weighted by atomic mass is 16.4. The van der Waals surface area contributed by atoms with Gasteiger partial charge < -0.3 is 15.7 Å². The van der Waals surface area contributed by atoms with E-state index in [-0.39, 0.29) is 6.04 Å². The van der Waals surface area contributed by atoms with E-state index in [0.29, 0.717) is 0 Å². The second kappa shape index (κ2) is 5.94. The van der Waals surface area contributed by atoms with Crippen LogP contribution in [0, 0.1) is 0 Å². The van der Waals surface area contributed by atoms with E-state index in [9.17, 15) is 4.79 Å². The Morgan fingerprint density at radius 3 is 2.08 bits per heavy atom. The van der Waals surface area contributed by atoms with Crippen LogP contribution in [0.1, 0.15) is 25.7 Å². The average molecular weight is 186 g/mol. The van der Waals surface area contributed by atoms with Gasteiger partial charge in [-0.05, 0) is 45.3 Å². The summed E-state index contributed by atoms with van der Waals surface area (Å²) < 4.78 is 0. The minimum atomic E-state index is -0.720. The molecule has 0 aliphatic carbocycles. The normalized spacial score (nSPS) is 26.6. The molecule has 76 valence electrons. The first-order valence-corrected chi connectivity index (χ1v) is 4.97. The van der Waals surface area contributed by atoms with Crippen LogP contribution >= 0.6 is 0 Å². The monoisotopic (exact) mass is 186 g/mol. The maximum atomic E-state index is 10.1. The average Bonchev–Trinajstić information content (AvgIpc) is 2.82. The van der Waals surface area contributed by atoms with Crippen LogP contribution in [0.3, 0.4) is 0 Å². The van der Waals surface area contributed by atoms with Gasteiger partial charge in [0.15, 0.2) is 0 Å². The van der Waals surface area contributed by atoms with Gasteiger partial charge in [0.1, 0.15) is 6.04 Å². The summed E-state index contributed by atoms with van der Waals surface area (Å²) >= 11 is 0. The minimum absolute atomic E-state index is 0.269. The van der Waals surface area contributed by atoms with Crippen molar-refractivity contribution in [2.24, 2.45) is 0 Å². The summed E-state index contributed by atoms with van der Waals surface area (Å²) in [5.41, 5.74) is 0. The molecule has 0 amide bonds. The summed E-state index contributed by atoms with van der Waals surface area (Å²) in [7, 11) is 0. The Morgan fingerprint density at radius 1 is 1.15 bits per heavy atom. The van der Waals surface area contributed by atoms with Crippen molar-refractivity contribution in [1.29, 1.82) is 0 Å². The molecular weight excluding hydrogens is 168 g/mol. The highest BCUT2D eigenvalue weighted by Gasteiger charge is 2.20. The molecule has 0 radical (unpaired) electrons. The standard InChI is InChI=1S/C5H9NO2.C4H9N/c7-5(8)4-2-1-3-6-4;1-2-4-5-3-1/h4,6H,1-3H2,(H,7,8);5H,1-4H2/t4-;/m0./s1. The van der Waals surface area contributed by atoms with Crippen molar-refractivity contribution < 1.29 is 9.90 Å². The number of carbonyl (C=O) groups is 1. The fourth-order valence-electron chi connectivity index (χ4n) is 1.52. The summed E-state index contributed by atoms with van der Waals surface area (Å²) in [5.74, 6) is -0.720. The van der Waals surface area contributed by atoms with Gasteiger partial charge in [0.2, 0.25) is 0 Å². The predicted molar refractivity (Wildman–Crippen MR) is 50.8 cm³/mol. The van der Waals surface area contributed by atoms with Gasteiger partial charge in [-0.3, -0.25) is 4.79 Å². The lowest BCUT2D eigenvalue weighted by atomic mass is 10.2. The minimum Gasteiger partial charge on any atom is -0.480 e. The first kappa shape index (κ1) is 10.5. The molecule has 13 heavy (non-hydrogen) atoms. The Morgan fingerprint density at radius 2 is 1.85 bits per heavy atom. The lowest BCUT2D eigenvalue weighted by molar-refractivity contribution is -0.139. The van der Waals surface area contributed by atoms with E-state index in [0.717, 1.165) is 19.4 Å². The van der Waals surface area contributed by atoms with Crippen molar-refractivity contribution in [2.45, 2.75) is 31.7 Å². The Labute approximate surface area is 78.7 Å². The van der Waals surface area contributed by atoms with Crippen molar-refractivity contribution in [3.63, 3.8) is 0 Å². The Bertz CT molecular complexity index is 144. The predicted octanol–water partition coefficient (Wildman–Crippen LogP) is 0.193. The number of nitrogens with one attached hydrogen (secondary N) is 2. The molecule has 1 atom stereocenters. The third kappa shape index (κ3) is 4.24. The Balaban J connectivity index is 0.000000145. The van der Waals surface area contributed by atoms with Gasteiger partial charge in [0.25, 0.3) is 0 Å². The molecule has 2 heterocycles. The van der Waals surface area contributed by atoms with E-state index in [1.165, 1.54) is 25.9 Å². The molecule has 2 aliphatic heterocycles. The highest BCUT2D eigenvalue weighted by molar-refractivity contribution is 5.73. The van der Waals surface area contributed by atoms with Gasteiger partial charge in [-0.2, -0.15) is 0 Å². The van der Waals surface area contributed by atoms with E-state index < -0.39 is 5.97 Å². The van der Waals surface area contributed by atoms with Gasteiger partial charge in [-0.15, -0.1) is 0 Å². The lowest BCUT2D eigenvalue weighted by Crippen LogP contribution is -2.29. The molecule has 0 saturated carbocycles. The lowest BCUT2D eigenvalue weighted by Gasteiger charge is -1.99. The summed E-state index contributed by atoms with van der Waals surface area (Å²) in [4.78, 5) is 10.1. The zero-order chi connectivity index (χ0) is 9.52. The molecule has 2 saturated heterocycles. The van der Waals surface area contributed by atoms with E-state index in [1.807, 2.05) is 0 Å². The zero-order valence-electron chi connectivity index (χ0n) is 7.88. The first-order chi connectivity index (χ1) is 6.30. The molecule has 3 N–H and O–H groups in total. The summed E-state index contributed by atoms with van der Waals surface area (Å²) in [6, 6.07) is -0.269. The number of aliphatic carboxylic acids is 1. The quantitative estimate of drug-likeness (QED) is 0.547. The van der Waals surface area contributed by atoms with Gasteiger partial charge in [-0.1, -0.05) is 0 Å². The van der Waals surface area contributed by atoms with Crippen LogP contribution < -0.4 is 10.6 Å². The topological polar surface area (TPSA) is 61.4 Å². The van der Waals surface area contributed by atoms with E-state index in [2.05, 4.69) is 10.6 Å². The maximum absolute atomic E-state index is 10.1. The summed E-state index contributed by atoms with van der Waals surface area (Å²) in [6.45, 7) is 3.36. The van der Waals surface area contributed by atoms with Crippen molar-refractivity contribution in [3.05, 3.63) is 0 Å². The van der Waals surface area contributed by atoms with Crippen LogP contribution in [0.2, 0.25) is 0 Å². The molecule has 4 nitrogen and oxygen atoms in total. The van der Waals surface area contributed by atoms with Crippen molar-refractivity contribution >= 4 is 5.97 Å². The fraction of sp³-hybridized carbons (Fsp3) is 0.889. The second-order valence-corrected chi connectivity index (χ2v) is 3.44. The van der Waals surface area contributed by atoms with E-state index >= 15 is 0 Å². The number of carboxylic acid groups (broad SMARTS) is 1. The van der Waals surface area contributed by atoms with E-state index in [4.69, 9.17) is 5.11 Å². The van der Waals surface area contributed by atoms with Crippen molar-refractivity contribution in [3.8, 4) is 0 Å². The molecule has 2 fully saturated rings. The van der Waals surface area contributed by atoms with Crippen molar-refractivity contribution in [2.75, 3.05) is 19.6 Å². The van der Waals surface area contributed by atoms with E-state index in [1.54, 1.807) is 0 Å². The van der Waals surface area contributed by atoms with Gasteiger partial charge >= 0.3 is 5.97 Å². The molecule has 4 heteroatoms. The molecule has 0 spiro atoms. The third-order valence-corrected chi connectivity index (χ3v) is 2.32. The zero-order valence-corrected chi connectivity index (χ0v) is 7.88. The third-order valence-electron chi connectivity index (χ3n) is 2.32. The number of hydrogen-bond donors (Lipinski definition) is 3. The number of carboxylic acids is 1. The molecule has 0 bridgehead atoms. The molecule has 0 unspecified atom stereocenters. The highest BCUT2D eigenvalue weighted by Crippen LogP contribution is 2.03. The first-order valence-electron chi connectivity index (χ1n) is 4.97. The summed E-state index contributed by atoms with van der Waals surface area (Å²) in [6.07, 6.45) is 4.56. The van der Waals surface area contributed by atoms with Crippen LogP contribution in [0.15, 0.2) is 0 Å². The van der Waals surface area contributed by atoms with Crippen LogP contribution in [0.25, 0.3) is 0 Å². The molecule has 0 aromatic rings. The summed E-state index contributed by atoms with van der Waals surface area (Å²) in [5, 5.41) is 14.4. The molecular formula is C9H18N2O2. The molecule has 0 aromatic heterocycles.